The predicted molar refractivity (Wildman–Crippen MR) is 40.2 cm³/mol. The maximum Gasteiger partial charge on any atom is 0.0780 e. The number of allylic oxidation sites excluding steroid dienone is 1. The van der Waals surface area contributed by atoms with Gasteiger partial charge in [0.1, 0.15) is 0 Å². The molecule has 0 aromatic rings. The smallest absolute Gasteiger partial charge is 0.0780 e. The summed E-state index contributed by atoms with van der Waals surface area (Å²) in [5.74, 6) is 0.154. The van der Waals surface area contributed by atoms with E-state index in [9.17, 15) is 0 Å². The minimum atomic E-state index is -0.368. The Morgan fingerprint density at radius 3 is 2.44 bits per heavy atom. The first-order valence-electron chi connectivity index (χ1n) is 3.15. The lowest BCUT2D eigenvalue weighted by Crippen LogP contribution is -2.11. The minimum Gasteiger partial charge on any atom is -0.388 e. The molecule has 0 radical (unpaired) electrons. The molecule has 0 aliphatic carbocycles. The predicted octanol–water partition coefficient (Wildman–Crippen LogP) is 1.75. The Labute approximate surface area is 56.7 Å². The number of hydrogen-bond acceptors (Lipinski definition) is 1. The Morgan fingerprint density at radius 1 is 1.56 bits per heavy atom. The van der Waals surface area contributed by atoms with Crippen molar-refractivity contribution >= 4 is 0 Å². The Kier molecular flexibility index (Phi) is 4.06. The van der Waals surface area contributed by atoms with Crippen molar-refractivity contribution in [3.8, 4) is 0 Å². The van der Waals surface area contributed by atoms with Crippen molar-refractivity contribution in [1.82, 2.24) is 0 Å². The normalized spacial score (nSPS) is 17.7. The molecule has 1 heteroatoms. The molecule has 0 unspecified atom stereocenters. The third-order valence-corrected chi connectivity index (χ3v) is 1.30. The van der Waals surface area contributed by atoms with Gasteiger partial charge in [-0.15, -0.1) is 6.58 Å². The van der Waals surface area contributed by atoms with Crippen LogP contribution in [0.5, 0.6) is 0 Å². The van der Waals surface area contributed by atoms with E-state index in [4.69, 9.17) is 5.11 Å². The highest BCUT2D eigenvalue weighted by molar-refractivity contribution is 4.94. The quantitative estimate of drug-likeness (QED) is 0.571. The Morgan fingerprint density at radius 2 is 2.11 bits per heavy atom. The summed E-state index contributed by atoms with van der Waals surface area (Å²) in [4.78, 5) is 0. The van der Waals surface area contributed by atoms with Crippen molar-refractivity contribution < 1.29 is 5.11 Å². The number of rotatable bonds is 3. The second kappa shape index (κ2) is 4.33. The SMILES string of the molecule is C=C[C@@H](C)[C@@H](O)/C=C/C. The average Bonchev–Trinajstić information content (AvgIpc) is 1.87. The van der Waals surface area contributed by atoms with Gasteiger partial charge < -0.3 is 5.11 Å². The van der Waals surface area contributed by atoms with Crippen molar-refractivity contribution in [1.29, 1.82) is 0 Å². The zero-order chi connectivity index (χ0) is 7.28. The maximum absolute atomic E-state index is 9.16. The van der Waals surface area contributed by atoms with Gasteiger partial charge in [0.25, 0.3) is 0 Å². The van der Waals surface area contributed by atoms with Gasteiger partial charge in [0, 0.05) is 5.92 Å². The minimum absolute atomic E-state index is 0.154. The van der Waals surface area contributed by atoms with E-state index in [-0.39, 0.29) is 12.0 Å². The van der Waals surface area contributed by atoms with Gasteiger partial charge in [0.15, 0.2) is 0 Å². The molecule has 1 N–H and O–H groups in total. The van der Waals surface area contributed by atoms with Gasteiger partial charge in [-0.25, -0.2) is 0 Å². The zero-order valence-electron chi connectivity index (χ0n) is 6.04. The van der Waals surface area contributed by atoms with Crippen LogP contribution >= 0.6 is 0 Å². The number of aliphatic hydroxyl groups is 1. The maximum atomic E-state index is 9.16. The average molecular weight is 126 g/mol. The summed E-state index contributed by atoms with van der Waals surface area (Å²) in [6.07, 6.45) is 4.97. The summed E-state index contributed by atoms with van der Waals surface area (Å²) in [6, 6.07) is 0. The van der Waals surface area contributed by atoms with Crippen LogP contribution in [0.25, 0.3) is 0 Å². The Balaban J connectivity index is 3.71. The molecule has 52 valence electrons. The number of hydrogen-bond donors (Lipinski definition) is 1. The van der Waals surface area contributed by atoms with Crippen molar-refractivity contribution in [2.45, 2.75) is 20.0 Å². The Hall–Kier alpha value is -0.560. The molecule has 1 nitrogen and oxygen atoms in total. The third kappa shape index (κ3) is 3.09. The largest absolute Gasteiger partial charge is 0.388 e. The lowest BCUT2D eigenvalue weighted by atomic mass is 10.1. The van der Waals surface area contributed by atoms with Crippen LogP contribution in [0.1, 0.15) is 13.8 Å². The van der Waals surface area contributed by atoms with E-state index in [2.05, 4.69) is 6.58 Å². The Bertz CT molecular complexity index is 105. The van der Waals surface area contributed by atoms with Crippen LogP contribution in [0.15, 0.2) is 24.8 Å². The van der Waals surface area contributed by atoms with E-state index in [1.165, 1.54) is 0 Å². The van der Waals surface area contributed by atoms with Crippen LogP contribution in [0.2, 0.25) is 0 Å². The molecule has 0 saturated heterocycles. The van der Waals surface area contributed by atoms with Gasteiger partial charge in [-0.05, 0) is 6.92 Å². The molecule has 0 bridgehead atoms. The number of aliphatic hydroxyl groups excluding tert-OH is 1. The topological polar surface area (TPSA) is 20.2 Å². The standard InChI is InChI=1S/C8H14O/c1-4-6-8(9)7(3)5-2/h4-9H,2H2,1,3H3/b6-4+/t7-,8+/m1/s1. The van der Waals surface area contributed by atoms with E-state index < -0.39 is 0 Å². The van der Waals surface area contributed by atoms with Gasteiger partial charge >= 0.3 is 0 Å². The van der Waals surface area contributed by atoms with Gasteiger partial charge in [-0.1, -0.05) is 25.2 Å². The van der Waals surface area contributed by atoms with Crippen LogP contribution < -0.4 is 0 Å². The highest BCUT2D eigenvalue weighted by Gasteiger charge is 2.04. The molecule has 0 rings (SSSR count). The summed E-state index contributed by atoms with van der Waals surface area (Å²) in [7, 11) is 0. The summed E-state index contributed by atoms with van der Waals surface area (Å²) in [6.45, 7) is 7.39. The zero-order valence-corrected chi connectivity index (χ0v) is 6.04. The van der Waals surface area contributed by atoms with Gasteiger partial charge in [0.2, 0.25) is 0 Å². The fourth-order valence-electron chi connectivity index (χ4n) is 0.512. The molecule has 9 heavy (non-hydrogen) atoms. The molecule has 0 fully saturated rings. The summed E-state index contributed by atoms with van der Waals surface area (Å²) in [5, 5.41) is 9.16. The van der Waals surface area contributed by atoms with Crippen LogP contribution in [0.4, 0.5) is 0 Å². The van der Waals surface area contributed by atoms with Crippen LogP contribution in [0, 0.1) is 5.92 Å². The first-order valence-corrected chi connectivity index (χ1v) is 3.15. The second-order valence-electron chi connectivity index (χ2n) is 2.11. The molecule has 0 amide bonds. The van der Waals surface area contributed by atoms with Crippen LogP contribution in [-0.4, -0.2) is 11.2 Å². The molecule has 0 heterocycles. The molecule has 0 saturated carbocycles. The summed E-state index contributed by atoms with van der Waals surface area (Å²) < 4.78 is 0. The highest BCUT2D eigenvalue weighted by Crippen LogP contribution is 2.03. The van der Waals surface area contributed by atoms with Gasteiger partial charge in [-0.2, -0.15) is 0 Å². The molecule has 0 spiro atoms. The first-order chi connectivity index (χ1) is 4.22. The van der Waals surface area contributed by atoms with Crippen molar-refractivity contribution in [3.63, 3.8) is 0 Å². The van der Waals surface area contributed by atoms with E-state index >= 15 is 0 Å². The van der Waals surface area contributed by atoms with E-state index in [1.54, 1.807) is 12.2 Å². The lowest BCUT2D eigenvalue weighted by molar-refractivity contribution is 0.185. The monoisotopic (exact) mass is 126 g/mol. The molecular formula is C8H14O. The van der Waals surface area contributed by atoms with Crippen molar-refractivity contribution in [2.24, 2.45) is 5.92 Å². The molecule has 2 atom stereocenters. The molecular weight excluding hydrogens is 112 g/mol. The van der Waals surface area contributed by atoms with Gasteiger partial charge in [0.05, 0.1) is 6.10 Å². The molecule has 0 aromatic carbocycles. The van der Waals surface area contributed by atoms with Crippen LogP contribution in [-0.2, 0) is 0 Å². The highest BCUT2D eigenvalue weighted by atomic mass is 16.3. The summed E-state index contributed by atoms with van der Waals surface area (Å²) in [5.41, 5.74) is 0. The van der Waals surface area contributed by atoms with E-state index in [1.807, 2.05) is 19.9 Å². The summed E-state index contributed by atoms with van der Waals surface area (Å²) >= 11 is 0. The molecule has 0 aromatic heterocycles. The molecule has 0 aliphatic rings. The fourth-order valence-corrected chi connectivity index (χ4v) is 0.512. The first kappa shape index (κ1) is 8.44. The van der Waals surface area contributed by atoms with E-state index in [0.29, 0.717) is 0 Å². The van der Waals surface area contributed by atoms with Gasteiger partial charge in [-0.3, -0.25) is 0 Å². The lowest BCUT2D eigenvalue weighted by Gasteiger charge is -2.08. The third-order valence-electron chi connectivity index (χ3n) is 1.30. The van der Waals surface area contributed by atoms with Crippen LogP contribution in [0.3, 0.4) is 0 Å². The molecule has 0 aliphatic heterocycles. The van der Waals surface area contributed by atoms with Crippen molar-refractivity contribution in [2.75, 3.05) is 0 Å². The second-order valence-corrected chi connectivity index (χ2v) is 2.11. The fraction of sp³-hybridized carbons (Fsp3) is 0.500. The van der Waals surface area contributed by atoms with Crippen molar-refractivity contribution in [3.05, 3.63) is 24.8 Å². The van der Waals surface area contributed by atoms with E-state index in [0.717, 1.165) is 0 Å².